The van der Waals surface area contributed by atoms with Crippen molar-refractivity contribution in [2.75, 3.05) is 0 Å². The van der Waals surface area contributed by atoms with Crippen LogP contribution < -0.4 is 0 Å². The van der Waals surface area contributed by atoms with E-state index in [9.17, 15) is 9.90 Å². The van der Waals surface area contributed by atoms with Gasteiger partial charge in [0.25, 0.3) is 0 Å². The smallest absolute Gasteiger partial charge is 0.308 e. The molecular formula is C18H27NO3. The summed E-state index contributed by atoms with van der Waals surface area (Å²) in [4.78, 5) is 11.4. The number of aliphatic hydroxyl groups is 1. The van der Waals surface area contributed by atoms with E-state index in [1.54, 1.807) is 0 Å². The van der Waals surface area contributed by atoms with Crippen LogP contribution in [0.15, 0.2) is 12.1 Å². The monoisotopic (exact) mass is 305 g/mol. The van der Waals surface area contributed by atoms with Crippen LogP contribution >= 0.6 is 0 Å². The summed E-state index contributed by atoms with van der Waals surface area (Å²) in [6.45, 7) is 3.02. The molecule has 1 aliphatic heterocycles. The maximum absolute atomic E-state index is 11.4. The minimum atomic E-state index is -0.533. The second kappa shape index (κ2) is 6.86. The molecule has 4 nitrogen and oxygen atoms in total. The molecule has 0 aromatic carbocycles. The van der Waals surface area contributed by atoms with E-state index in [4.69, 9.17) is 4.74 Å². The summed E-state index contributed by atoms with van der Waals surface area (Å²) in [5.41, 5.74) is 2.73. The highest BCUT2D eigenvalue weighted by atomic mass is 16.5. The van der Waals surface area contributed by atoms with Crippen molar-refractivity contribution >= 4 is 5.97 Å². The first-order valence-electron chi connectivity index (χ1n) is 8.67. The topological polar surface area (TPSA) is 51.5 Å². The zero-order valence-corrected chi connectivity index (χ0v) is 13.5. The van der Waals surface area contributed by atoms with Crippen molar-refractivity contribution in [2.45, 2.75) is 83.0 Å². The summed E-state index contributed by atoms with van der Waals surface area (Å²) in [6, 6.07) is 4.47. The van der Waals surface area contributed by atoms with Gasteiger partial charge in [0.15, 0.2) is 0 Å². The summed E-state index contributed by atoms with van der Waals surface area (Å²) < 4.78 is 7.76. The predicted octanol–water partition coefficient (Wildman–Crippen LogP) is 3.30. The van der Waals surface area contributed by atoms with Gasteiger partial charge in [-0.3, -0.25) is 4.79 Å². The Morgan fingerprint density at radius 1 is 1.27 bits per heavy atom. The molecule has 2 heterocycles. The number of ether oxygens (including phenoxy) is 1. The molecule has 0 bridgehead atoms. The van der Waals surface area contributed by atoms with Crippen LogP contribution in [-0.4, -0.2) is 27.9 Å². The molecule has 1 saturated heterocycles. The number of hydrogen-bond acceptors (Lipinski definition) is 3. The Bertz CT molecular complexity index is 516. The Morgan fingerprint density at radius 2 is 2.05 bits per heavy atom. The van der Waals surface area contributed by atoms with Crippen molar-refractivity contribution in [3.8, 4) is 0 Å². The first-order valence-corrected chi connectivity index (χ1v) is 8.67. The van der Waals surface area contributed by atoms with Crippen LogP contribution in [-0.2, 0) is 16.1 Å². The number of cyclic esters (lactones) is 1. The van der Waals surface area contributed by atoms with Crippen LogP contribution in [0.25, 0.3) is 0 Å². The average molecular weight is 305 g/mol. The number of aliphatic hydroxyl groups excluding tert-OH is 1. The minimum absolute atomic E-state index is 0.141. The number of aryl methyl sites for hydroxylation is 1. The third kappa shape index (κ3) is 3.54. The zero-order chi connectivity index (χ0) is 15.5. The van der Waals surface area contributed by atoms with Gasteiger partial charge in [-0.25, -0.2) is 0 Å². The molecule has 2 aliphatic rings. The summed E-state index contributed by atoms with van der Waals surface area (Å²) in [6.07, 6.45) is 7.46. The third-order valence-electron chi connectivity index (χ3n) is 5.17. The van der Waals surface area contributed by atoms with E-state index >= 15 is 0 Å². The first-order chi connectivity index (χ1) is 10.6. The van der Waals surface area contributed by atoms with Gasteiger partial charge in [0.1, 0.15) is 6.10 Å². The summed E-state index contributed by atoms with van der Waals surface area (Å²) in [5, 5.41) is 9.71. The van der Waals surface area contributed by atoms with Gasteiger partial charge in [-0.2, -0.15) is 0 Å². The van der Waals surface area contributed by atoms with E-state index in [2.05, 4.69) is 23.6 Å². The van der Waals surface area contributed by atoms with Gasteiger partial charge >= 0.3 is 5.97 Å². The quantitative estimate of drug-likeness (QED) is 0.868. The number of hydrogen-bond donors (Lipinski definition) is 1. The van der Waals surface area contributed by atoms with Crippen molar-refractivity contribution in [3.63, 3.8) is 0 Å². The number of nitrogens with zero attached hydrogens (tertiary/aromatic N) is 1. The van der Waals surface area contributed by atoms with Gasteiger partial charge in [0, 0.05) is 30.8 Å². The highest BCUT2D eigenvalue weighted by Gasteiger charge is 2.27. The van der Waals surface area contributed by atoms with Gasteiger partial charge in [0.05, 0.1) is 12.5 Å². The van der Waals surface area contributed by atoms with Crippen molar-refractivity contribution in [3.05, 3.63) is 23.5 Å². The molecule has 0 spiro atoms. The highest BCUT2D eigenvalue weighted by Crippen LogP contribution is 2.34. The van der Waals surface area contributed by atoms with Crippen LogP contribution in [0.2, 0.25) is 0 Å². The van der Waals surface area contributed by atoms with Gasteiger partial charge < -0.3 is 14.4 Å². The molecule has 1 saturated carbocycles. The molecule has 0 radical (unpaired) electrons. The summed E-state index contributed by atoms with van der Waals surface area (Å²) in [5.74, 6) is 0.419. The molecule has 1 N–H and O–H groups in total. The largest absolute Gasteiger partial charge is 0.462 e. The van der Waals surface area contributed by atoms with Gasteiger partial charge in [-0.05, 0) is 37.8 Å². The molecule has 1 aromatic heterocycles. The van der Waals surface area contributed by atoms with E-state index in [-0.39, 0.29) is 18.5 Å². The van der Waals surface area contributed by atoms with Gasteiger partial charge in [-0.1, -0.05) is 19.3 Å². The molecule has 122 valence electrons. The van der Waals surface area contributed by atoms with E-state index in [0.29, 0.717) is 12.3 Å². The molecule has 2 atom stereocenters. The standard InChI is InChI=1S/C18H27NO3/c1-13-7-8-17(14-5-3-2-4-6-14)19(13)10-9-16-11-15(20)12-18(21)22-16/h7-8,14-16,20H,2-6,9-12H2,1H3/t15-,16-/m0/s1. The lowest BCUT2D eigenvalue weighted by molar-refractivity contribution is -0.160. The van der Waals surface area contributed by atoms with Crippen LogP contribution in [0.1, 0.15) is 68.7 Å². The maximum Gasteiger partial charge on any atom is 0.308 e. The Balaban J connectivity index is 1.64. The third-order valence-corrected chi connectivity index (χ3v) is 5.17. The lowest BCUT2D eigenvalue weighted by atomic mass is 9.87. The lowest BCUT2D eigenvalue weighted by Gasteiger charge is -2.28. The second-order valence-corrected chi connectivity index (χ2v) is 6.88. The Labute approximate surface area is 132 Å². The number of rotatable bonds is 4. The van der Waals surface area contributed by atoms with Gasteiger partial charge in [0.2, 0.25) is 0 Å². The summed E-state index contributed by atoms with van der Waals surface area (Å²) >= 11 is 0. The van der Waals surface area contributed by atoms with E-state index < -0.39 is 6.10 Å². The maximum atomic E-state index is 11.4. The Morgan fingerprint density at radius 3 is 2.77 bits per heavy atom. The lowest BCUT2D eigenvalue weighted by Crippen LogP contribution is -2.33. The molecular weight excluding hydrogens is 278 g/mol. The van der Waals surface area contributed by atoms with E-state index in [0.717, 1.165) is 13.0 Å². The average Bonchev–Trinajstić information content (AvgIpc) is 2.86. The van der Waals surface area contributed by atoms with Crippen LogP contribution in [0, 0.1) is 6.92 Å². The number of aromatic nitrogens is 1. The molecule has 2 fully saturated rings. The van der Waals surface area contributed by atoms with Crippen molar-refractivity contribution in [1.29, 1.82) is 0 Å². The molecule has 3 rings (SSSR count). The van der Waals surface area contributed by atoms with Crippen LogP contribution in [0.5, 0.6) is 0 Å². The normalized spacial score (nSPS) is 26.9. The fourth-order valence-electron chi connectivity index (χ4n) is 3.96. The molecule has 1 aromatic rings. The minimum Gasteiger partial charge on any atom is -0.462 e. The highest BCUT2D eigenvalue weighted by molar-refractivity contribution is 5.70. The molecule has 0 unspecified atom stereocenters. The number of carbonyl (C=O) groups excluding carboxylic acids is 1. The molecule has 1 aliphatic carbocycles. The van der Waals surface area contributed by atoms with Crippen molar-refractivity contribution in [1.82, 2.24) is 4.57 Å². The zero-order valence-electron chi connectivity index (χ0n) is 13.5. The van der Waals surface area contributed by atoms with E-state index in [1.165, 1.54) is 43.5 Å². The van der Waals surface area contributed by atoms with Crippen LogP contribution in [0.4, 0.5) is 0 Å². The summed E-state index contributed by atoms with van der Waals surface area (Å²) in [7, 11) is 0. The van der Waals surface area contributed by atoms with Crippen LogP contribution in [0.3, 0.4) is 0 Å². The first kappa shape index (κ1) is 15.6. The molecule has 4 heteroatoms. The Kier molecular flexibility index (Phi) is 4.87. The van der Waals surface area contributed by atoms with Crippen molar-refractivity contribution < 1.29 is 14.6 Å². The Hall–Kier alpha value is -1.29. The number of carbonyl (C=O) groups is 1. The molecule has 0 amide bonds. The SMILES string of the molecule is Cc1ccc(C2CCCCC2)n1CC[C@H]1C[C@H](O)CC(=O)O1. The fraction of sp³-hybridized carbons (Fsp3) is 0.722. The second-order valence-electron chi connectivity index (χ2n) is 6.88. The van der Waals surface area contributed by atoms with Gasteiger partial charge in [-0.15, -0.1) is 0 Å². The molecule has 22 heavy (non-hydrogen) atoms. The van der Waals surface area contributed by atoms with E-state index in [1.807, 2.05) is 0 Å². The number of esters is 1. The fourth-order valence-corrected chi connectivity index (χ4v) is 3.96. The van der Waals surface area contributed by atoms with Crippen molar-refractivity contribution in [2.24, 2.45) is 0 Å². The predicted molar refractivity (Wildman–Crippen MR) is 84.7 cm³/mol.